The van der Waals surface area contributed by atoms with E-state index in [0.717, 1.165) is 11.3 Å². The Hall–Kier alpha value is -3.02. The number of anilines is 2. The van der Waals surface area contributed by atoms with Crippen molar-refractivity contribution in [2.75, 3.05) is 10.6 Å². The molecule has 0 spiro atoms. The van der Waals surface area contributed by atoms with Crippen molar-refractivity contribution in [2.45, 2.75) is 22.9 Å². The molecular formula is C19H16ClN5O4S2. The van der Waals surface area contributed by atoms with E-state index < -0.39 is 16.1 Å². The van der Waals surface area contributed by atoms with Gasteiger partial charge in [0.15, 0.2) is 4.34 Å². The molecule has 3 rings (SSSR count). The van der Waals surface area contributed by atoms with Crippen molar-refractivity contribution in [1.82, 2.24) is 10.2 Å². The van der Waals surface area contributed by atoms with Gasteiger partial charge < -0.3 is 5.32 Å². The molecule has 160 valence electrons. The van der Waals surface area contributed by atoms with Gasteiger partial charge >= 0.3 is 0 Å². The molecule has 1 atom stereocenters. The van der Waals surface area contributed by atoms with Gasteiger partial charge in [-0.1, -0.05) is 59.8 Å². The van der Waals surface area contributed by atoms with Crippen LogP contribution < -0.4 is 10.6 Å². The minimum atomic E-state index is -0.526. The Balaban J connectivity index is 1.63. The predicted molar refractivity (Wildman–Crippen MR) is 121 cm³/mol. The van der Waals surface area contributed by atoms with Gasteiger partial charge in [0.1, 0.15) is 0 Å². The van der Waals surface area contributed by atoms with E-state index in [1.54, 1.807) is 30.3 Å². The zero-order chi connectivity index (χ0) is 22.4. The molecule has 0 saturated carbocycles. The number of nitro groups is 1. The number of nitrogens with one attached hydrogen (secondary N) is 2. The largest absolute Gasteiger partial charge is 0.325 e. The van der Waals surface area contributed by atoms with E-state index in [1.165, 1.54) is 30.0 Å². The predicted octanol–water partition coefficient (Wildman–Crippen LogP) is 4.86. The molecule has 3 aromatic rings. The zero-order valence-corrected chi connectivity index (χ0v) is 18.5. The molecule has 1 unspecified atom stereocenters. The Morgan fingerprint density at radius 2 is 1.97 bits per heavy atom. The van der Waals surface area contributed by atoms with Crippen LogP contribution in [0.5, 0.6) is 0 Å². The van der Waals surface area contributed by atoms with Crippen molar-refractivity contribution in [3.05, 3.63) is 69.2 Å². The van der Waals surface area contributed by atoms with E-state index in [2.05, 4.69) is 20.8 Å². The lowest BCUT2D eigenvalue weighted by atomic mass is 10.2. The van der Waals surface area contributed by atoms with Gasteiger partial charge in [-0.05, 0) is 24.6 Å². The summed E-state index contributed by atoms with van der Waals surface area (Å²) in [5, 5.41) is 24.3. The fourth-order valence-electron chi connectivity index (χ4n) is 2.48. The van der Waals surface area contributed by atoms with Gasteiger partial charge in [0, 0.05) is 17.8 Å². The number of hydrogen-bond donors (Lipinski definition) is 2. The third-order valence-corrected chi connectivity index (χ3v) is 6.59. The quantitative estimate of drug-likeness (QED) is 0.205. The molecule has 2 amide bonds. The number of carbonyl (C=O) groups is 2. The summed E-state index contributed by atoms with van der Waals surface area (Å²) < 4.78 is 0.496. The van der Waals surface area contributed by atoms with Crippen LogP contribution in [0, 0.1) is 10.1 Å². The van der Waals surface area contributed by atoms with Crippen molar-refractivity contribution in [3.8, 4) is 0 Å². The van der Waals surface area contributed by atoms with Gasteiger partial charge in [0.25, 0.3) is 11.6 Å². The number of thioether (sulfide) groups is 1. The second kappa shape index (κ2) is 10.3. The molecule has 0 bridgehead atoms. The number of nitro benzene ring substituents is 1. The maximum atomic E-state index is 12.6. The summed E-state index contributed by atoms with van der Waals surface area (Å²) >= 11 is 8.35. The second-order valence-corrected chi connectivity index (χ2v) is 8.95. The Labute approximate surface area is 190 Å². The minimum absolute atomic E-state index is 0.110. The van der Waals surface area contributed by atoms with Crippen LogP contribution in [0.25, 0.3) is 0 Å². The summed E-state index contributed by atoms with van der Waals surface area (Å²) in [6, 6.07) is 12.4. The first-order chi connectivity index (χ1) is 14.9. The Morgan fingerprint density at radius 3 is 2.68 bits per heavy atom. The van der Waals surface area contributed by atoms with Crippen LogP contribution >= 0.6 is 34.7 Å². The number of benzene rings is 2. The number of aromatic nitrogens is 2. The molecular weight excluding hydrogens is 462 g/mol. The van der Waals surface area contributed by atoms with E-state index in [-0.39, 0.29) is 16.7 Å². The highest BCUT2D eigenvalue weighted by molar-refractivity contribution is 8.02. The third kappa shape index (κ3) is 6.00. The summed E-state index contributed by atoms with van der Waals surface area (Å²) in [7, 11) is 0. The summed E-state index contributed by atoms with van der Waals surface area (Å²) in [6.45, 7) is 1.84. The molecule has 9 nitrogen and oxygen atoms in total. The van der Waals surface area contributed by atoms with E-state index in [0.29, 0.717) is 27.0 Å². The summed E-state index contributed by atoms with van der Waals surface area (Å²) in [5.74, 6) is -0.724. The van der Waals surface area contributed by atoms with Crippen molar-refractivity contribution >= 4 is 63.0 Å². The van der Waals surface area contributed by atoms with E-state index in [9.17, 15) is 19.7 Å². The van der Waals surface area contributed by atoms with Crippen molar-refractivity contribution in [3.63, 3.8) is 0 Å². The molecule has 12 heteroatoms. The molecule has 1 aromatic heterocycles. The fraction of sp³-hybridized carbons (Fsp3) is 0.158. The number of nitrogens with zero attached hydrogens (tertiary/aromatic N) is 3. The van der Waals surface area contributed by atoms with Gasteiger partial charge in [-0.2, -0.15) is 0 Å². The van der Waals surface area contributed by atoms with Gasteiger partial charge in [-0.3, -0.25) is 25.0 Å². The Morgan fingerprint density at radius 1 is 1.19 bits per heavy atom. The monoisotopic (exact) mass is 477 g/mol. The average Bonchev–Trinajstić information content (AvgIpc) is 3.19. The zero-order valence-electron chi connectivity index (χ0n) is 16.1. The highest BCUT2D eigenvalue weighted by Gasteiger charge is 2.22. The van der Waals surface area contributed by atoms with Crippen molar-refractivity contribution in [2.24, 2.45) is 0 Å². The Kier molecular flexibility index (Phi) is 7.55. The fourth-order valence-corrected chi connectivity index (χ4v) is 4.62. The van der Waals surface area contributed by atoms with Crippen LogP contribution in [0.2, 0.25) is 5.02 Å². The topological polar surface area (TPSA) is 127 Å². The van der Waals surface area contributed by atoms with Crippen LogP contribution in [0.3, 0.4) is 0 Å². The molecule has 0 aliphatic rings. The van der Waals surface area contributed by atoms with E-state index >= 15 is 0 Å². The normalized spacial score (nSPS) is 11.5. The smallest absolute Gasteiger partial charge is 0.271 e. The third-order valence-electron chi connectivity index (χ3n) is 3.98. The standard InChI is InChI=1S/C19H16ClN5O4S2/c1-2-15(17(27)21-11-6-5-7-12(10-11)25(28)29)30-19-24-23-18(31-19)22-16(26)13-8-3-4-9-14(13)20/h3-10,15H,2H2,1H3,(H,21,27)(H,22,23,26). The maximum Gasteiger partial charge on any atom is 0.271 e. The first-order valence-electron chi connectivity index (χ1n) is 8.98. The number of carbonyl (C=O) groups excluding carboxylic acids is 2. The number of non-ortho nitro benzene ring substituents is 1. The summed E-state index contributed by atoms with van der Waals surface area (Å²) in [4.78, 5) is 35.3. The van der Waals surface area contributed by atoms with Gasteiger partial charge in [-0.25, -0.2) is 0 Å². The lowest BCUT2D eigenvalue weighted by Gasteiger charge is -2.12. The summed E-state index contributed by atoms with van der Waals surface area (Å²) in [6.07, 6.45) is 0.492. The minimum Gasteiger partial charge on any atom is -0.325 e. The van der Waals surface area contributed by atoms with Crippen LogP contribution in [0.4, 0.5) is 16.5 Å². The van der Waals surface area contributed by atoms with Crippen LogP contribution in [0.15, 0.2) is 52.9 Å². The molecule has 0 aliphatic carbocycles. The molecule has 0 aliphatic heterocycles. The first kappa shape index (κ1) is 22.7. The van der Waals surface area contributed by atoms with Gasteiger partial charge in [-0.15, -0.1) is 10.2 Å². The SMILES string of the molecule is CCC(Sc1nnc(NC(=O)c2ccccc2Cl)s1)C(=O)Nc1cccc([N+](=O)[O-])c1. The molecule has 2 aromatic carbocycles. The molecule has 2 N–H and O–H groups in total. The molecule has 1 heterocycles. The Bertz CT molecular complexity index is 1120. The molecule has 0 fully saturated rings. The van der Waals surface area contributed by atoms with Gasteiger partial charge in [0.2, 0.25) is 11.0 Å². The number of rotatable bonds is 8. The molecule has 0 saturated heterocycles. The second-order valence-electron chi connectivity index (χ2n) is 6.12. The van der Waals surface area contributed by atoms with Crippen molar-refractivity contribution < 1.29 is 14.5 Å². The summed E-state index contributed by atoms with van der Waals surface area (Å²) in [5.41, 5.74) is 0.543. The average molecular weight is 478 g/mol. The van der Waals surface area contributed by atoms with Crippen LogP contribution in [0.1, 0.15) is 23.7 Å². The number of halogens is 1. The number of amides is 2. The number of hydrogen-bond acceptors (Lipinski definition) is 8. The molecule has 31 heavy (non-hydrogen) atoms. The van der Waals surface area contributed by atoms with Crippen LogP contribution in [-0.4, -0.2) is 32.2 Å². The lowest BCUT2D eigenvalue weighted by Crippen LogP contribution is -2.24. The first-order valence-corrected chi connectivity index (χ1v) is 11.1. The van der Waals surface area contributed by atoms with Crippen LogP contribution in [-0.2, 0) is 4.79 Å². The lowest BCUT2D eigenvalue weighted by molar-refractivity contribution is -0.384. The van der Waals surface area contributed by atoms with Crippen molar-refractivity contribution in [1.29, 1.82) is 0 Å². The molecule has 0 radical (unpaired) electrons. The highest BCUT2D eigenvalue weighted by atomic mass is 35.5. The highest BCUT2D eigenvalue weighted by Crippen LogP contribution is 2.31. The maximum absolute atomic E-state index is 12.6. The van der Waals surface area contributed by atoms with E-state index in [4.69, 9.17) is 11.6 Å². The van der Waals surface area contributed by atoms with Gasteiger partial charge in [0.05, 0.1) is 20.8 Å². The van der Waals surface area contributed by atoms with E-state index in [1.807, 2.05) is 6.92 Å².